The van der Waals surface area contributed by atoms with Crippen LogP contribution in [0.2, 0.25) is 0 Å². The molecule has 3 amide bonds. The summed E-state index contributed by atoms with van der Waals surface area (Å²) in [5.41, 5.74) is 5.17. The first-order valence-electron chi connectivity index (χ1n) is 7.70. The summed E-state index contributed by atoms with van der Waals surface area (Å²) in [6.07, 6.45) is 3.32. The van der Waals surface area contributed by atoms with Crippen molar-refractivity contribution in [1.82, 2.24) is 24.6 Å². The van der Waals surface area contributed by atoms with Crippen molar-refractivity contribution in [2.75, 3.05) is 19.6 Å². The molecule has 1 aliphatic rings. The third kappa shape index (κ3) is 3.37. The van der Waals surface area contributed by atoms with Crippen LogP contribution in [0.1, 0.15) is 50.3 Å². The summed E-state index contributed by atoms with van der Waals surface area (Å²) in [6, 6.07) is 0.257. The molecule has 122 valence electrons. The second-order valence-corrected chi connectivity index (χ2v) is 5.82. The lowest BCUT2D eigenvalue weighted by molar-refractivity contribution is 0.0987. The van der Waals surface area contributed by atoms with Gasteiger partial charge in [0.25, 0.3) is 5.91 Å². The summed E-state index contributed by atoms with van der Waals surface area (Å²) >= 11 is 0. The third-order valence-electron chi connectivity index (χ3n) is 3.98. The van der Waals surface area contributed by atoms with Gasteiger partial charge in [-0.2, -0.15) is 0 Å². The summed E-state index contributed by atoms with van der Waals surface area (Å²) in [5.74, 6) is -0.625. The third-order valence-corrected chi connectivity index (χ3v) is 3.98. The number of rotatable bonds is 4. The molecule has 2 rings (SSSR count). The minimum absolute atomic E-state index is 0.0146. The van der Waals surface area contributed by atoms with Gasteiger partial charge in [-0.05, 0) is 33.6 Å². The van der Waals surface area contributed by atoms with Gasteiger partial charge in [0.15, 0.2) is 0 Å². The van der Waals surface area contributed by atoms with Gasteiger partial charge in [0.05, 0.1) is 6.04 Å². The SMILES string of the molecule is CCN(C(=O)N1CCC[C@H](n2cnc(C(N)=O)n2)C1)C(C)C. The number of hydrogen-bond donors (Lipinski definition) is 1. The Labute approximate surface area is 130 Å². The van der Waals surface area contributed by atoms with E-state index < -0.39 is 5.91 Å². The maximum atomic E-state index is 12.6. The fraction of sp³-hybridized carbons (Fsp3) is 0.714. The lowest BCUT2D eigenvalue weighted by Crippen LogP contribution is -2.50. The number of urea groups is 1. The van der Waals surface area contributed by atoms with Crippen molar-refractivity contribution < 1.29 is 9.59 Å². The zero-order chi connectivity index (χ0) is 16.3. The van der Waals surface area contributed by atoms with Crippen molar-refractivity contribution in [3.63, 3.8) is 0 Å². The van der Waals surface area contributed by atoms with Crippen LogP contribution in [0.25, 0.3) is 0 Å². The quantitative estimate of drug-likeness (QED) is 0.892. The molecule has 8 heteroatoms. The Bertz CT molecular complexity index is 541. The van der Waals surface area contributed by atoms with E-state index in [0.717, 1.165) is 19.4 Å². The van der Waals surface area contributed by atoms with Crippen LogP contribution in [0.3, 0.4) is 0 Å². The van der Waals surface area contributed by atoms with E-state index in [1.807, 2.05) is 30.6 Å². The van der Waals surface area contributed by atoms with Gasteiger partial charge in [-0.1, -0.05) is 0 Å². The Hall–Kier alpha value is -2.12. The molecule has 0 bridgehead atoms. The molecular formula is C14H24N6O2. The monoisotopic (exact) mass is 308 g/mol. The first-order chi connectivity index (χ1) is 10.4. The van der Waals surface area contributed by atoms with E-state index in [-0.39, 0.29) is 23.9 Å². The number of aromatic nitrogens is 3. The van der Waals surface area contributed by atoms with Crippen molar-refractivity contribution in [3.8, 4) is 0 Å². The molecule has 0 radical (unpaired) electrons. The summed E-state index contributed by atoms with van der Waals surface area (Å²) in [7, 11) is 0. The number of carbonyl (C=O) groups excluding carboxylic acids is 2. The summed E-state index contributed by atoms with van der Waals surface area (Å²) < 4.78 is 1.64. The molecule has 0 spiro atoms. The molecule has 1 aliphatic heterocycles. The molecule has 2 N–H and O–H groups in total. The van der Waals surface area contributed by atoms with Gasteiger partial charge in [-0.3, -0.25) is 4.79 Å². The van der Waals surface area contributed by atoms with E-state index in [2.05, 4.69) is 10.1 Å². The van der Waals surface area contributed by atoms with Crippen molar-refractivity contribution in [2.24, 2.45) is 5.73 Å². The Morgan fingerprint density at radius 2 is 2.23 bits per heavy atom. The van der Waals surface area contributed by atoms with Crippen LogP contribution < -0.4 is 5.73 Å². The largest absolute Gasteiger partial charge is 0.363 e. The van der Waals surface area contributed by atoms with Crippen molar-refractivity contribution >= 4 is 11.9 Å². The molecular weight excluding hydrogens is 284 g/mol. The van der Waals surface area contributed by atoms with Gasteiger partial charge < -0.3 is 15.5 Å². The maximum Gasteiger partial charge on any atom is 0.320 e. The average molecular weight is 308 g/mol. The Balaban J connectivity index is 2.07. The summed E-state index contributed by atoms with van der Waals surface area (Å²) in [6.45, 7) is 8.01. The first kappa shape index (κ1) is 16.3. The van der Waals surface area contributed by atoms with Gasteiger partial charge in [0, 0.05) is 25.7 Å². The predicted molar refractivity (Wildman–Crippen MR) is 81.3 cm³/mol. The Morgan fingerprint density at radius 1 is 1.50 bits per heavy atom. The minimum atomic E-state index is -0.639. The first-order valence-corrected chi connectivity index (χ1v) is 7.70. The highest BCUT2D eigenvalue weighted by molar-refractivity contribution is 5.88. The van der Waals surface area contributed by atoms with Crippen LogP contribution in [0.4, 0.5) is 4.79 Å². The highest BCUT2D eigenvalue weighted by Crippen LogP contribution is 2.22. The van der Waals surface area contributed by atoms with E-state index in [4.69, 9.17) is 5.73 Å². The summed E-state index contributed by atoms with van der Waals surface area (Å²) in [5, 5.41) is 4.11. The average Bonchev–Trinajstić information content (AvgIpc) is 2.97. The second kappa shape index (κ2) is 6.76. The number of amides is 3. The molecule has 0 aromatic carbocycles. The molecule has 1 aromatic heterocycles. The molecule has 8 nitrogen and oxygen atoms in total. The van der Waals surface area contributed by atoms with Gasteiger partial charge in [-0.25, -0.2) is 14.5 Å². The van der Waals surface area contributed by atoms with Crippen LogP contribution in [0.15, 0.2) is 6.33 Å². The number of likely N-dealkylation sites (tertiary alicyclic amines) is 1. The number of hydrogen-bond acceptors (Lipinski definition) is 4. The number of carbonyl (C=O) groups is 2. The number of nitrogens with zero attached hydrogens (tertiary/aromatic N) is 5. The predicted octanol–water partition coefficient (Wildman–Crippen LogP) is 0.864. The van der Waals surface area contributed by atoms with Gasteiger partial charge in [0.2, 0.25) is 5.82 Å². The van der Waals surface area contributed by atoms with E-state index in [1.54, 1.807) is 4.68 Å². The van der Waals surface area contributed by atoms with Crippen LogP contribution in [-0.4, -0.2) is 62.2 Å². The summed E-state index contributed by atoms with van der Waals surface area (Å²) in [4.78, 5) is 31.3. The molecule has 22 heavy (non-hydrogen) atoms. The molecule has 0 saturated carbocycles. The molecule has 1 aromatic rings. The zero-order valence-corrected chi connectivity index (χ0v) is 13.4. The lowest BCUT2D eigenvalue weighted by atomic mass is 10.1. The molecule has 1 fully saturated rings. The van der Waals surface area contributed by atoms with Crippen molar-refractivity contribution in [3.05, 3.63) is 12.2 Å². The number of primary amides is 1. The molecule has 1 saturated heterocycles. The lowest BCUT2D eigenvalue weighted by Gasteiger charge is -2.37. The van der Waals surface area contributed by atoms with Crippen LogP contribution in [0, 0.1) is 0 Å². The topological polar surface area (TPSA) is 97.4 Å². The van der Waals surface area contributed by atoms with Gasteiger partial charge in [-0.15, -0.1) is 5.10 Å². The van der Waals surface area contributed by atoms with Gasteiger partial charge in [0.1, 0.15) is 6.33 Å². The van der Waals surface area contributed by atoms with E-state index in [1.165, 1.54) is 6.33 Å². The minimum Gasteiger partial charge on any atom is -0.363 e. The molecule has 0 unspecified atom stereocenters. The molecule has 1 atom stereocenters. The Kier molecular flexibility index (Phi) is 4.99. The van der Waals surface area contributed by atoms with E-state index in [0.29, 0.717) is 13.1 Å². The smallest absolute Gasteiger partial charge is 0.320 e. The Morgan fingerprint density at radius 3 is 2.77 bits per heavy atom. The van der Waals surface area contributed by atoms with Crippen molar-refractivity contribution in [1.29, 1.82) is 0 Å². The maximum absolute atomic E-state index is 12.6. The van der Waals surface area contributed by atoms with Crippen LogP contribution in [0.5, 0.6) is 0 Å². The molecule has 2 heterocycles. The highest BCUT2D eigenvalue weighted by Gasteiger charge is 2.29. The zero-order valence-electron chi connectivity index (χ0n) is 13.4. The number of nitrogens with two attached hydrogens (primary N) is 1. The van der Waals surface area contributed by atoms with Crippen LogP contribution in [-0.2, 0) is 0 Å². The van der Waals surface area contributed by atoms with Gasteiger partial charge >= 0.3 is 6.03 Å². The van der Waals surface area contributed by atoms with Crippen molar-refractivity contribution in [2.45, 2.75) is 45.7 Å². The van der Waals surface area contributed by atoms with E-state index in [9.17, 15) is 9.59 Å². The van der Waals surface area contributed by atoms with Crippen LogP contribution >= 0.6 is 0 Å². The number of piperidine rings is 1. The fourth-order valence-electron chi connectivity index (χ4n) is 2.81. The highest BCUT2D eigenvalue weighted by atomic mass is 16.2. The second-order valence-electron chi connectivity index (χ2n) is 5.82. The standard InChI is InChI=1S/C14H24N6O2/c1-4-19(10(2)3)14(22)18-7-5-6-11(8-18)20-9-16-13(17-20)12(15)21/h9-11H,4-8H2,1-3H3,(H2,15,21)/t11-/m0/s1. The molecule has 0 aliphatic carbocycles. The van der Waals surface area contributed by atoms with E-state index >= 15 is 0 Å². The fourth-order valence-corrected chi connectivity index (χ4v) is 2.81. The normalized spacial score (nSPS) is 18.5.